The summed E-state index contributed by atoms with van der Waals surface area (Å²) in [5.41, 5.74) is 12.4. The number of carbonyl (C=O) groups excluding carboxylic acids is 1. The minimum Gasteiger partial charge on any atom is -0.469 e. The van der Waals surface area contributed by atoms with Gasteiger partial charge in [0.25, 0.3) is 0 Å². The number of nitrogens with two attached hydrogens (primary N) is 2. The molecule has 1 rings (SSSR count). The molecule has 0 fully saturated rings. The number of rotatable bonds is 8. The van der Waals surface area contributed by atoms with Crippen LogP contribution in [0.5, 0.6) is 0 Å². The van der Waals surface area contributed by atoms with E-state index in [-0.39, 0.29) is 24.9 Å². The number of esters is 1. The van der Waals surface area contributed by atoms with Crippen LogP contribution in [0.15, 0.2) is 24.3 Å². The fourth-order valence-corrected chi connectivity index (χ4v) is 2.32. The smallest absolute Gasteiger partial charge is 0.305 e. The molecule has 3 atom stereocenters. The van der Waals surface area contributed by atoms with E-state index < -0.39 is 12.2 Å². The average molecular weight is 296 g/mol. The lowest BCUT2D eigenvalue weighted by Gasteiger charge is -2.22. The van der Waals surface area contributed by atoms with Crippen LogP contribution in [0.3, 0.4) is 0 Å². The summed E-state index contributed by atoms with van der Waals surface area (Å²) in [5.74, 6) is -0.608. The van der Waals surface area contributed by atoms with Gasteiger partial charge in [-0.25, -0.2) is 0 Å². The van der Waals surface area contributed by atoms with E-state index in [1.54, 1.807) is 24.3 Å². The zero-order valence-corrected chi connectivity index (χ0v) is 12.2. The number of ether oxygens (including phenoxy) is 1. The van der Waals surface area contributed by atoms with Crippen LogP contribution in [0, 0.1) is 5.92 Å². The lowest BCUT2D eigenvalue weighted by atomic mass is 9.89. The zero-order chi connectivity index (χ0) is 15.8. The Morgan fingerprint density at radius 1 is 1.29 bits per heavy atom. The topological polar surface area (TPSA) is 119 Å². The second-order valence-corrected chi connectivity index (χ2v) is 5.15. The van der Waals surface area contributed by atoms with E-state index in [2.05, 4.69) is 4.74 Å². The molecule has 0 aliphatic heterocycles. The van der Waals surface area contributed by atoms with Gasteiger partial charge in [0.2, 0.25) is 0 Å². The highest BCUT2D eigenvalue weighted by Crippen LogP contribution is 2.29. The van der Waals surface area contributed by atoms with Crippen molar-refractivity contribution in [2.45, 2.75) is 31.5 Å². The number of anilines is 1. The number of aliphatic hydroxyl groups is 2. The molecule has 0 aliphatic carbocycles. The van der Waals surface area contributed by atoms with Crippen LogP contribution in [0.25, 0.3) is 0 Å². The van der Waals surface area contributed by atoms with Gasteiger partial charge in [-0.3, -0.25) is 4.79 Å². The standard InChI is InChI=1S/C15H24N2O4/c1-21-15(20)8-10(6-11(18)9-16)7-14(19)12-4-2-3-5-13(12)17/h2-5,10-11,14,18-19H,6-9,16-17H2,1H3. The molecule has 6 nitrogen and oxygen atoms in total. The quantitative estimate of drug-likeness (QED) is 0.411. The number of methoxy groups -OCH3 is 1. The summed E-state index contributed by atoms with van der Waals surface area (Å²) in [6.45, 7) is 0.112. The summed E-state index contributed by atoms with van der Waals surface area (Å²) in [5, 5.41) is 20.0. The largest absolute Gasteiger partial charge is 0.469 e. The first-order chi connectivity index (χ1) is 9.97. The van der Waals surface area contributed by atoms with Gasteiger partial charge in [0.1, 0.15) is 0 Å². The van der Waals surface area contributed by atoms with Crippen molar-refractivity contribution >= 4 is 11.7 Å². The van der Waals surface area contributed by atoms with Crippen molar-refractivity contribution in [1.29, 1.82) is 0 Å². The SMILES string of the molecule is COC(=O)CC(CC(O)CN)CC(O)c1ccccc1N. The summed E-state index contributed by atoms with van der Waals surface area (Å²) >= 11 is 0. The highest BCUT2D eigenvalue weighted by molar-refractivity contribution is 5.69. The second kappa shape index (κ2) is 8.61. The van der Waals surface area contributed by atoms with Gasteiger partial charge < -0.3 is 26.4 Å². The molecule has 0 aromatic heterocycles. The number of nitrogen functional groups attached to an aromatic ring is 1. The second-order valence-electron chi connectivity index (χ2n) is 5.15. The van der Waals surface area contributed by atoms with Crippen LogP contribution < -0.4 is 11.5 Å². The van der Waals surface area contributed by atoms with Gasteiger partial charge in [-0.15, -0.1) is 0 Å². The third-order valence-corrected chi connectivity index (χ3v) is 3.47. The number of hydrogen-bond acceptors (Lipinski definition) is 6. The number of hydrogen-bond donors (Lipinski definition) is 4. The van der Waals surface area contributed by atoms with Gasteiger partial charge in [-0.05, 0) is 24.8 Å². The molecule has 0 heterocycles. The average Bonchev–Trinajstić information content (AvgIpc) is 2.47. The molecular weight excluding hydrogens is 272 g/mol. The Kier molecular flexibility index (Phi) is 7.14. The molecule has 0 saturated heterocycles. The van der Waals surface area contributed by atoms with E-state index in [1.807, 2.05) is 0 Å². The molecule has 6 N–H and O–H groups in total. The Morgan fingerprint density at radius 2 is 1.95 bits per heavy atom. The first kappa shape index (κ1) is 17.4. The van der Waals surface area contributed by atoms with Crippen molar-refractivity contribution in [2.75, 3.05) is 19.4 Å². The molecule has 0 spiro atoms. The van der Waals surface area contributed by atoms with Crippen LogP contribution >= 0.6 is 0 Å². The predicted octanol–water partition coefficient (Wildman–Crippen LogP) is 0.581. The van der Waals surface area contributed by atoms with Gasteiger partial charge in [0, 0.05) is 24.2 Å². The summed E-state index contributed by atoms with van der Waals surface area (Å²) in [4.78, 5) is 11.4. The van der Waals surface area contributed by atoms with Gasteiger partial charge in [-0.2, -0.15) is 0 Å². The lowest BCUT2D eigenvalue weighted by Crippen LogP contribution is -2.25. The number of carbonyl (C=O) groups is 1. The van der Waals surface area contributed by atoms with Crippen LogP contribution in [-0.2, 0) is 9.53 Å². The highest BCUT2D eigenvalue weighted by atomic mass is 16.5. The van der Waals surface area contributed by atoms with E-state index in [0.717, 1.165) is 0 Å². The van der Waals surface area contributed by atoms with Crippen molar-refractivity contribution < 1.29 is 19.7 Å². The number of para-hydroxylation sites is 1. The van der Waals surface area contributed by atoms with E-state index in [4.69, 9.17) is 11.5 Å². The molecule has 0 bridgehead atoms. The number of benzene rings is 1. The maximum Gasteiger partial charge on any atom is 0.305 e. The normalized spacial score (nSPS) is 15.2. The minimum atomic E-state index is -0.800. The molecule has 21 heavy (non-hydrogen) atoms. The van der Waals surface area contributed by atoms with Crippen molar-refractivity contribution in [3.8, 4) is 0 Å². The summed E-state index contributed by atoms with van der Waals surface area (Å²) in [6, 6.07) is 7.03. The molecule has 0 aliphatic rings. The van der Waals surface area contributed by atoms with Crippen molar-refractivity contribution in [2.24, 2.45) is 11.7 Å². The van der Waals surface area contributed by atoms with Crippen LogP contribution in [-0.4, -0.2) is 35.9 Å². The van der Waals surface area contributed by atoms with Gasteiger partial charge in [0.15, 0.2) is 0 Å². The molecule has 118 valence electrons. The van der Waals surface area contributed by atoms with Crippen LogP contribution in [0.4, 0.5) is 5.69 Å². The summed E-state index contributed by atoms with van der Waals surface area (Å²) < 4.78 is 4.65. The molecule has 0 amide bonds. The Labute approximate surface area is 124 Å². The Balaban J connectivity index is 2.74. The van der Waals surface area contributed by atoms with Gasteiger partial charge in [0.05, 0.1) is 19.3 Å². The van der Waals surface area contributed by atoms with Gasteiger partial charge in [-0.1, -0.05) is 18.2 Å². The Morgan fingerprint density at radius 3 is 2.52 bits per heavy atom. The van der Waals surface area contributed by atoms with Gasteiger partial charge >= 0.3 is 5.97 Å². The van der Waals surface area contributed by atoms with Crippen molar-refractivity contribution in [3.05, 3.63) is 29.8 Å². The molecule has 0 radical (unpaired) electrons. The third-order valence-electron chi connectivity index (χ3n) is 3.47. The Bertz CT molecular complexity index is 453. The number of aliphatic hydroxyl groups excluding tert-OH is 2. The van der Waals surface area contributed by atoms with E-state index >= 15 is 0 Å². The maximum absolute atomic E-state index is 11.4. The Hall–Kier alpha value is -1.63. The molecular formula is C15H24N2O4. The van der Waals surface area contributed by atoms with Crippen LogP contribution in [0.1, 0.15) is 30.9 Å². The van der Waals surface area contributed by atoms with E-state index in [1.165, 1.54) is 7.11 Å². The zero-order valence-electron chi connectivity index (χ0n) is 12.2. The first-order valence-electron chi connectivity index (χ1n) is 6.95. The predicted molar refractivity (Wildman–Crippen MR) is 80.2 cm³/mol. The van der Waals surface area contributed by atoms with Crippen LogP contribution in [0.2, 0.25) is 0 Å². The fraction of sp³-hybridized carbons (Fsp3) is 0.533. The fourth-order valence-electron chi connectivity index (χ4n) is 2.32. The summed E-state index contributed by atoms with van der Waals surface area (Å²) in [7, 11) is 1.31. The molecule has 3 unspecified atom stereocenters. The van der Waals surface area contributed by atoms with Crippen molar-refractivity contribution in [3.63, 3.8) is 0 Å². The molecule has 1 aromatic carbocycles. The third kappa shape index (κ3) is 5.71. The molecule has 0 saturated carbocycles. The van der Waals surface area contributed by atoms with Crippen molar-refractivity contribution in [1.82, 2.24) is 0 Å². The first-order valence-corrected chi connectivity index (χ1v) is 6.95. The maximum atomic E-state index is 11.4. The van der Waals surface area contributed by atoms with E-state index in [0.29, 0.717) is 24.1 Å². The monoisotopic (exact) mass is 296 g/mol. The molecule has 6 heteroatoms. The summed E-state index contributed by atoms with van der Waals surface area (Å²) in [6.07, 6.45) is -0.751. The lowest BCUT2D eigenvalue weighted by molar-refractivity contribution is -0.142. The molecule has 1 aromatic rings. The minimum absolute atomic E-state index is 0.112. The van der Waals surface area contributed by atoms with E-state index in [9.17, 15) is 15.0 Å². The highest BCUT2D eigenvalue weighted by Gasteiger charge is 2.22.